The number of nitrogens with zero attached hydrogens (tertiary/aromatic N) is 1. The molecule has 0 heterocycles. The van der Waals surface area contributed by atoms with E-state index in [-0.39, 0.29) is 0 Å². The number of alkyl halides is 1. The Morgan fingerprint density at radius 1 is 1.67 bits per heavy atom. The highest BCUT2D eigenvalue weighted by atomic mass is 79.9. The zero-order chi connectivity index (χ0) is 7.11. The van der Waals surface area contributed by atoms with Crippen molar-refractivity contribution in [2.24, 2.45) is 0 Å². The average molecular weight is 192 g/mol. The van der Waals surface area contributed by atoms with Crippen LogP contribution in [0.3, 0.4) is 0 Å². The second-order valence-electron chi connectivity index (χ2n) is 2.09. The number of likely N-dealkylation sites (N-methyl/N-ethyl adjacent to an activating group) is 1. The molecule has 0 aromatic carbocycles. The van der Waals surface area contributed by atoms with Crippen LogP contribution < -0.4 is 0 Å². The van der Waals surface area contributed by atoms with Gasteiger partial charge in [-0.1, -0.05) is 22.0 Å². The SMILES string of the molecule is C=CCN(C)CCCBr. The summed E-state index contributed by atoms with van der Waals surface area (Å²) in [6.07, 6.45) is 3.14. The maximum atomic E-state index is 3.66. The molecule has 0 amide bonds. The molecule has 0 aromatic rings. The molecular formula is C7H14BrN. The molecule has 0 radical (unpaired) electrons. The first-order valence-electron chi connectivity index (χ1n) is 3.16. The molecule has 0 atom stereocenters. The van der Waals surface area contributed by atoms with Crippen molar-refractivity contribution in [2.75, 3.05) is 25.5 Å². The molecular weight excluding hydrogens is 178 g/mol. The Balaban J connectivity index is 3.04. The van der Waals surface area contributed by atoms with Gasteiger partial charge in [-0.05, 0) is 20.0 Å². The first-order valence-corrected chi connectivity index (χ1v) is 4.28. The average Bonchev–Trinajstić information content (AvgIpc) is 1.85. The zero-order valence-corrected chi connectivity index (χ0v) is 7.52. The lowest BCUT2D eigenvalue weighted by atomic mass is 10.4. The molecule has 0 saturated heterocycles. The van der Waals surface area contributed by atoms with E-state index >= 15 is 0 Å². The molecule has 0 rings (SSSR count). The quantitative estimate of drug-likeness (QED) is 0.475. The lowest BCUT2D eigenvalue weighted by molar-refractivity contribution is 0.372. The third-order valence-electron chi connectivity index (χ3n) is 1.11. The van der Waals surface area contributed by atoms with Crippen LogP contribution in [0.2, 0.25) is 0 Å². The Bertz CT molecular complexity index is 73.3. The first kappa shape index (κ1) is 9.18. The normalized spacial score (nSPS) is 10.1. The van der Waals surface area contributed by atoms with Crippen LogP contribution in [0.15, 0.2) is 12.7 Å². The first-order chi connectivity index (χ1) is 4.31. The van der Waals surface area contributed by atoms with Gasteiger partial charge < -0.3 is 4.90 Å². The van der Waals surface area contributed by atoms with Gasteiger partial charge in [0.2, 0.25) is 0 Å². The Kier molecular flexibility index (Phi) is 6.43. The van der Waals surface area contributed by atoms with E-state index in [2.05, 4.69) is 34.5 Å². The van der Waals surface area contributed by atoms with Crippen molar-refractivity contribution < 1.29 is 0 Å². The fourth-order valence-corrected chi connectivity index (χ4v) is 0.892. The summed E-state index contributed by atoms with van der Waals surface area (Å²) < 4.78 is 0. The third kappa shape index (κ3) is 6.06. The van der Waals surface area contributed by atoms with E-state index in [1.807, 2.05) is 6.08 Å². The van der Waals surface area contributed by atoms with E-state index in [0.717, 1.165) is 18.4 Å². The fourth-order valence-electron chi connectivity index (χ4n) is 0.641. The van der Waals surface area contributed by atoms with Crippen molar-refractivity contribution in [1.29, 1.82) is 0 Å². The van der Waals surface area contributed by atoms with Gasteiger partial charge in [0.1, 0.15) is 0 Å². The standard InChI is InChI=1S/C7H14BrN/c1-3-6-9(2)7-4-5-8/h3H,1,4-7H2,2H3. The Hall–Kier alpha value is 0.180. The topological polar surface area (TPSA) is 3.24 Å². The van der Waals surface area contributed by atoms with E-state index in [1.165, 1.54) is 6.42 Å². The van der Waals surface area contributed by atoms with E-state index in [4.69, 9.17) is 0 Å². The van der Waals surface area contributed by atoms with Gasteiger partial charge in [-0.25, -0.2) is 0 Å². The smallest absolute Gasteiger partial charge is 0.0157 e. The van der Waals surface area contributed by atoms with Gasteiger partial charge in [-0.2, -0.15) is 0 Å². The predicted octanol–water partition coefficient (Wildman–Crippen LogP) is 1.89. The van der Waals surface area contributed by atoms with Crippen LogP contribution in [0.1, 0.15) is 6.42 Å². The number of rotatable bonds is 5. The van der Waals surface area contributed by atoms with E-state index in [1.54, 1.807) is 0 Å². The van der Waals surface area contributed by atoms with E-state index in [0.29, 0.717) is 0 Å². The Morgan fingerprint density at radius 3 is 2.78 bits per heavy atom. The van der Waals surface area contributed by atoms with Gasteiger partial charge in [-0.15, -0.1) is 6.58 Å². The van der Waals surface area contributed by atoms with Crippen LogP contribution in [-0.4, -0.2) is 30.4 Å². The molecule has 0 bridgehead atoms. The summed E-state index contributed by atoms with van der Waals surface area (Å²) >= 11 is 3.38. The summed E-state index contributed by atoms with van der Waals surface area (Å²) in [6, 6.07) is 0. The summed E-state index contributed by atoms with van der Waals surface area (Å²) in [7, 11) is 2.10. The number of hydrogen-bond acceptors (Lipinski definition) is 1. The monoisotopic (exact) mass is 191 g/mol. The van der Waals surface area contributed by atoms with Crippen LogP contribution in [-0.2, 0) is 0 Å². The molecule has 0 spiro atoms. The molecule has 0 fully saturated rings. The predicted molar refractivity (Wildman–Crippen MR) is 46.1 cm³/mol. The molecule has 0 aliphatic heterocycles. The lowest BCUT2D eigenvalue weighted by Gasteiger charge is -2.11. The van der Waals surface area contributed by atoms with Crippen LogP contribution in [0.25, 0.3) is 0 Å². The van der Waals surface area contributed by atoms with Crippen LogP contribution in [0.5, 0.6) is 0 Å². The molecule has 54 valence electrons. The third-order valence-corrected chi connectivity index (χ3v) is 1.67. The second-order valence-corrected chi connectivity index (χ2v) is 2.89. The summed E-state index contributed by atoms with van der Waals surface area (Å²) in [5, 5.41) is 1.09. The summed E-state index contributed by atoms with van der Waals surface area (Å²) in [6.45, 7) is 5.80. The van der Waals surface area contributed by atoms with Crippen molar-refractivity contribution in [2.45, 2.75) is 6.42 Å². The van der Waals surface area contributed by atoms with Crippen molar-refractivity contribution in [1.82, 2.24) is 4.90 Å². The Labute approximate surface area is 65.9 Å². The maximum Gasteiger partial charge on any atom is 0.0157 e. The summed E-state index contributed by atoms with van der Waals surface area (Å²) in [4.78, 5) is 2.24. The summed E-state index contributed by atoms with van der Waals surface area (Å²) in [5.74, 6) is 0. The Morgan fingerprint density at radius 2 is 2.33 bits per heavy atom. The van der Waals surface area contributed by atoms with Gasteiger partial charge in [-0.3, -0.25) is 0 Å². The fraction of sp³-hybridized carbons (Fsp3) is 0.714. The molecule has 0 N–H and O–H groups in total. The van der Waals surface area contributed by atoms with Gasteiger partial charge >= 0.3 is 0 Å². The minimum atomic E-state index is 0.993. The highest BCUT2D eigenvalue weighted by molar-refractivity contribution is 9.09. The van der Waals surface area contributed by atoms with Crippen LogP contribution >= 0.6 is 15.9 Å². The summed E-state index contributed by atoms with van der Waals surface area (Å²) in [5.41, 5.74) is 0. The van der Waals surface area contributed by atoms with Crippen LogP contribution in [0, 0.1) is 0 Å². The van der Waals surface area contributed by atoms with Crippen molar-refractivity contribution >= 4 is 15.9 Å². The second kappa shape index (κ2) is 6.30. The van der Waals surface area contributed by atoms with E-state index in [9.17, 15) is 0 Å². The molecule has 1 nitrogen and oxygen atoms in total. The van der Waals surface area contributed by atoms with Crippen molar-refractivity contribution in [3.63, 3.8) is 0 Å². The zero-order valence-electron chi connectivity index (χ0n) is 5.94. The van der Waals surface area contributed by atoms with Gasteiger partial charge in [0.05, 0.1) is 0 Å². The van der Waals surface area contributed by atoms with Gasteiger partial charge in [0.25, 0.3) is 0 Å². The minimum absolute atomic E-state index is 0.993. The van der Waals surface area contributed by atoms with Crippen LogP contribution in [0.4, 0.5) is 0 Å². The largest absolute Gasteiger partial charge is 0.303 e. The molecule has 0 saturated carbocycles. The maximum absolute atomic E-state index is 3.66. The number of halogens is 1. The lowest BCUT2D eigenvalue weighted by Crippen LogP contribution is -2.19. The molecule has 0 unspecified atom stereocenters. The molecule has 0 aliphatic rings. The van der Waals surface area contributed by atoms with Gasteiger partial charge in [0.15, 0.2) is 0 Å². The van der Waals surface area contributed by atoms with E-state index < -0.39 is 0 Å². The molecule has 2 heteroatoms. The minimum Gasteiger partial charge on any atom is -0.303 e. The number of hydrogen-bond donors (Lipinski definition) is 0. The highest BCUT2D eigenvalue weighted by Crippen LogP contribution is 1.90. The van der Waals surface area contributed by atoms with Crippen molar-refractivity contribution in [3.8, 4) is 0 Å². The van der Waals surface area contributed by atoms with Crippen molar-refractivity contribution in [3.05, 3.63) is 12.7 Å². The molecule has 9 heavy (non-hydrogen) atoms. The highest BCUT2D eigenvalue weighted by Gasteiger charge is 1.91. The molecule has 0 aromatic heterocycles. The molecule has 0 aliphatic carbocycles. The van der Waals surface area contributed by atoms with Gasteiger partial charge in [0, 0.05) is 11.9 Å².